The van der Waals surface area contributed by atoms with Crippen LogP contribution in [0.4, 0.5) is 13.6 Å². The van der Waals surface area contributed by atoms with Crippen molar-refractivity contribution in [3.63, 3.8) is 0 Å². The van der Waals surface area contributed by atoms with E-state index in [2.05, 4.69) is 10.6 Å². The zero-order valence-corrected chi connectivity index (χ0v) is 13.2. The number of esters is 1. The average Bonchev–Trinajstić information content (AvgIpc) is 2.52. The number of halogens is 2. The topological polar surface area (TPSA) is 67.4 Å². The minimum Gasteiger partial charge on any atom is -0.466 e. The van der Waals surface area contributed by atoms with E-state index < -0.39 is 17.7 Å². The number of carbonyl (C=O) groups is 2. The second-order valence-electron chi connectivity index (χ2n) is 4.96. The van der Waals surface area contributed by atoms with Crippen LogP contribution < -0.4 is 10.6 Å². The fourth-order valence-electron chi connectivity index (χ4n) is 1.92. The molecule has 0 aliphatic heterocycles. The Morgan fingerprint density at radius 2 is 1.91 bits per heavy atom. The van der Waals surface area contributed by atoms with Crippen LogP contribution in [0.2, 0.25) is 0 Å². The molecule has 0 spiro atoms. The summed E-state index contributed by atoms with van der Waals surface area (Å²) in [6.45, 7) is 2.50. The third kappa shape index (κ3) is 8.13. The SMILES string of the molecule is CCOC(=O)CCCCCNC(=O)NCc1cc(F)ccc1F. The second kappa shape index (κ2) is 10.5. The maximum absolute atomic E-state index is 13.4. The van der Waals surface area contributed by atoms with Crippen LogP contribution in [0.1, 0.15) is 38.2 Å². The van der Waals surface area contributed by atoms with Crippen LogP contribution in [-0.2, 0) is 16.1 Å². The molecule has 2 N–H and O–H groups in total. The highest BCUT2D eigenvalue weighted by Crippen LogP contribution is 2.09. The van der Waals surface area contributed by atoms with Gasteiger partial charge < -0.3 is 15.4 Å². The summed E-state index contributed by atoms with van der Waals surface area (Å²) < 4.78 is 31.1. The van der Waals surface area contributed by atoms with Crippen LogP contribution in [0, 0.1) is 11.6 Å². The van der Waals surface area contributed by atoms with E-state index in [-0.39, 0.29) is 18.1 Å². The van der Waals surface area contributed by atoms with Crippen LogP contribution in [0.25, 0.3) is 0 Å². The Labute approximate surface area is 134 Å². The Morgan fingerprint density at radius 1 is 1.13 bits per heavy atom. The van der Waals surface area contributed by atoms with Crippen molar-refractivity contribution in [2.75, 3.05) is 13.2 Å². The van der Waals surface area contributed by atoms with Gasteiger partial charge in [0.2, 0.25) is 0 Å². The first kappa shape index (κ1) is 18.9. The molecule has 0 saturated carbocycles. The Bertz CT molecular complexity index is 524. The van der Waals surface area contributed by atoms with Gasteiger partial charge in [-0.3, -0.25) is 4.79 Å². The molecule has 1 rings (SSSR count). The molecule has 23 heavy (non-hydrogen) atoms. The van der Waals surface area contributed by atoms with Gasteiger partial charge in [-0.05, 0) is 38.0 Å². The summed E-state index contributed by atoms with van der Waals surface area (Å²) in [4.78, 5) is 22.6. The molecule has 0 fully saturated rings. The normalized spacial score (nSPS) is 10.2. The quantitative estimate of drug-likeness (QED) is 0.541. The van der Waals surface area contributed by atoms with Crippen LogP contribution in [0.15, 0.2) is 18.2 Å². The maximum atomic E-state index is 13.4. The van der Waals surface area contributed by atoms with Crippen molar-refractivity contribution in [3.05, 3.63) is 35.4 Å². The number of unbranched alkanes of at least 4 members (excludes halogenated alkanes) is 2. The molecule has 0 radical (unpaired) electrons. The Balaban J connectivity index is 2.11. The second-order valence-corrected chi connectivity index (χ2v) is 4.96. The largest absolute Gasteiger partial charge is 0.466 e. The van der Waals surface area contributed by atoms with Gasteiger partial charge >= 0.3 is 12.0 Å². The maximum Gasteiger partial charge on any atom is 0.315 e. The number of rotatable bonds is 9. The van der Waals surface area contributed by atoms with E-state index in [4.69, 9.17) is 4.74 Å². The third-order valence-electron chi connectivity index (χ3n) is 3.10. The first-order valence-electron chi connectivity index (χ1n) is 7.64. The number of ether oxygens (including phenoxy) is 1. The van der Waals surface area contributed by atoms with Gasteiger partial charge in [0, 0.05) is 25.1 Å². The van der Waals surface area contributed by atoms with Crippen LogP contribution in [0.5, 0.6) is 0 Å². The molecule has 0 unspecified atom stereocenters. The molecule has 0 aromatic heterocycles. The van der Waals surface area contributed by atoms with E-state index in [0.29, 0.717) is 26.0 Å². The van der Waals surface area contributed by atoms with Crippen molar-refractivity contribution in [1.82, 2.24) is 10.6 Å². The molecular weight excluding hydrogens is 306 g/mol. The fraction of sp³-hybridized carbons (Fsp3) is 0.500. The van der Waals surface area contributed by atoms with Gasteiger partial charge in [-0.25, -0.2) is 13.6 Å². The molecule has 0 aliphatic rings. The van der Waals surface area contributed by atoms with Gasteiger partial charge in [0.25, 0.3) is 0 Å². The Kier molecular flexibility index (Phi) is 8.64. The molecule has 0 atom stereocenters. The average molecular weight is 328 g/mol. The number of benzene rings is 1. The van der Waals surface area contributed by atoms with Gasteiger partial charge in [0.1, 0.15) is 11.6 Å². The van der Waals surface area contributed by atoms with Crippen LogP contribution >= 0.6 is 0 Å². The fourth-order valence-corrected chi connectivity index (χ4v) is 1.92. The Morgan fingerprint density at radius 3 is 2.65 bits per heavy atom. The van der Waals surface area contributed by atoms with Gasteiger partial charge in [0.15, 0.2) is 0 Å². The lowest BCUT2D eigenvalue weighted by atomic mass is 10.2. The van der Waals surface area contributed by atoms with Crippen molar-refractivity contribution in [1.29, 1.82) is 0 Å². The van der Waals surface area contributed by atoms with E-state index in [1.165, 1.54) is 0 Å². The van der Waals surface area contributed by atoms with E-state index in [1.807, 2.05) is 0 Å². The van der Waals surface area contributed by atoms with Crippen molar-refractivity contribution >= 4 is 12.0 Å². The van der Waals surface area contributed by atoms with Crippen LogP contribution in [0.3, 0.4) is 0 Å². The number of urea groups is 1. The van der Waals surface area contributed by atoms with E-state index >= 15 is 0 Å². The predicted octanol–water partition coefficient (Wildman–Crippen LogP) is 2.89. The number of hydrogen-bond donors (Lipinski definition) is 2. The van der Waals surface area contributed by atoms with Crippen molar-refractivity contribution in [3.8, 4) is 0 Å². The zero-order chi connectivity index (χ0) is 17.1. The molecule has 0 saturated heterocycles. The highest BCUT2D eigenvalue weighted by atomic mass is 19.1. The number of amides is 2. The lowest BCUT2D eigenvalue weighted by molar-refractivity contribution is -0.143. The molecule has 1 aromatic carbocycles. The summed E-state index contributed by atoms with van der Waals surface area (Å²) >= 11 is 0. The van der Waals surface area contributed by atoms with Crippen LogP contribution in [-0.4, -0.2) is 25.2 Å². The summed E-state index contributed by atoms with van der Waals surface area (Å²) in [5, 5.41) is 5.08. The first-order valence-corrected chi connectivity index (χ1v) is 7.64. The monoisotopic (exact) mass is 328 g/mol. The molecule has 5 nitrogen and oxygen atoms in total. The minimum absolute atomic E-state index is 0.0850. The number of carbonyl (C=O) groups excluding carboxylic acids is 2. The predicted molar refractivity (Wildman–Crippen MR) is 81.7 cm³/mol. The van der Waals surface area contributed by atoms with Gasteiger partial charge in [-0.15, -0.1) is 0 Å². The molecule has 128 valence electrons. The third-order valence-corrected chi connectivity index (χ3v) is 3.10. The van der Waals surface area contributed by atoms with Gasteiger partial charge in [-0.1, -0.05) is 6.42 Å². The number of nitrogens with one attached hydrogen (secondary N) is 2. The molecule has 0 bridgehead atoms. The first-order chi connectivity index (χ1) is 11.0. The summed E-state index contributed by atoms with van der Waals surface area (Å²) in [5.41, 5.74) is 0.0922. The van der Waals surface area contributed by atoms with E-state index in [9.17, 15) is 18.4 Å². The molecular formula is C16H22F2N2O3. The van der Waals surface area contributed by atoms with E-state index in [1.54, 1.807) is 6.92 Å². The highest BCUT2D eigenvalue weighted by Gasteiger charge is 2.06. The number of hydrogen-bond acceptors (Lipinski definition) is 3. The summed E-state index contributed by atoms with van der Waals surface area (Å²) in [6, 6.07) is 2.65. The molecule has 7 heteroatoms. The Hall–Kier alpha value is -2.18. The molecule has 0 aliphatic carbocycles. The summed E-state index contributed by atoms with van der Waals surface area (Å²) in [7, 11) is 0. The molecule has 1 aromatic rings. The van der Waals surface area contributed by atoms with Gasteiger partial charge in [-0.2, -0.15) is 0 Å². The smallest absolute Gasteiger partial charge is 0.315 e. The van der Waals surface area contributed by atoms with Crippen molar-refractivity contribution in [2.24, 2.45) is 0 Å². The van der Waals surface area contributed by atoms with Crippen molar-refractivity contribution < 1.29 is 23.1 Å². The van der Waals surface area contributed by atoms with Crippen molar-refractivity contribution in [2.45, 2.75) is 39.2 Å². The standard InChI is InChI=1S/C16H22F2N2O3/c1-2-23-15(21)6-4-3-5-9-19-16(22)20-11-12-10-13(17)7-8-14(12)18/h7-8,10H,2-6,9,11H2,1H3,(H2,19,20,22). The lowest BCUT2D eigenvalue weighted by Crippen LogP contribution is -2.35. The summed E-state index contributed by atoms with van der Waals surface area (Å²) in [6.07, 6.45) is 2.59. The molecule has 0 heterocycles. The summed E-state index contributed by atoms with van der Waals surface area (Å²) in [5.74, 6) is -1.33. The van der Waals surface area contributed by atoms with Gasteiger partial charge in [0.05, 0.1) is 6.61 Å². The molecule has 2 amide bonds. The highest BCUT2D eigenvalue weighted by molar-refractivity contribution is 5.73. The minimum atomic E-state index is -0.564. The zero-order valence-electron chi connectivity index (χ0n) is 13.2. The lowest BCUT2D eigenvalue weighted by Gasteiger charge is -2.08. The van der Waals surface area contributed by atoms with E-state index in [0.717, 1.165) is 31.0 Å².